The molecule has 0 spiro atoms. The van der Waals surface area contributed by atoms with E-state index in [9.17, 15) is 27.2 Å². The van der Waals surface area contributed by atoms with Crippen LogP contribution in [0, 0.1) is 5.82 Å². The van der Waals surface area contributed by atoms with Crippen molar-refractivity contribution in [3.8, 4) is 0 Å². The fraction of sp³-hybridized carbons (Fsp3) is 0.515. The molecule has 3 aromatic rings. The van der Waals surface area contributed by atoms with Crippen LogP contribution in [-0.2, 0) is 34.1 Å². The maximum Gasteiger partial charge on any atom is 0.449 e. The van der Waals surface area contributed by atoms with E-state index in [1.54, 1.807) is 44.0 Å². The number of hydrogen-bond acceptors (Lipinski definition) is 6. The molecule has 13 heteroatoms. The summed E-state index contributed by atoms with van der Waals surface area (Å²) in [6, 6.07) is 7.14. The number of amides is 2. The van der Waals surface area contributed by atoms with Crippen molar-refractivity contribution in [2.75, 3.05) is 31.1 Å². The molecular weight excluding hydrogens is 604 g/mol. The molecule has 0 bridgehead atoms. The zero-order valence-corrected chi connectivity index (χ0v) is 26.9. The van der Waals surface area contributed by atoms with E-state index < -0.39 is 35.2 Å². The van der Waals surface area contributed by atoms with E-state index >= 15 is 0 Å². The molecule has 5 rings (SSSR count). The van der Waals surface area contributed by atoms with E-state index in [4.69, 9.17) is 9.72 Å². The number of halogens is 4. The molecule has 4 heterocycles. The summed E-state index contributed by atoms with van der Waals surface area (Å²) in [5.74, 6) is -1.59. The van der Waals surface area contributed by atoms with Crippen molar-refractivity contribution in [1.29, 1.82) is 0 Å². The minimum Gasteiger partial charge on any atom is -0.444 e. The zero-order valence-electron chi connectivity index (χ0n) is 26.9. The molecule has 248 valence electrons. The Morgan fingerprint density at radius 1 is 1.04 bits per heavy atom. The highest BCUT2D eigenvalue weighted by molar-refractivity contribution is 5.97. The van der Waals surface area contributed by atoms with Gasteiger partial charge in [0.2, 0.25) is 11.7 Å². The van der Waals surface area contributed by atoms with Gasteiger partial charge in [0.15, 0.2) is 0 Å². The molecule has 0 aliphatic carbocycles. The molecule has 1 fully saturated rings. The van der Waals surface area contributed by atoms with Crippen LogP contribution in [0.15, 0.2) is 48.9 Å². The second-order valence-corrected chi connectivity index (χ2v) is 13.8. The number of anilines is 1. The minimum atomic E-state index is -4.67. The molecule has 1 saturated heterocycles. The number of alkyl halides is 3. The van der Waals surface area contributed by atoms with Gasteiger partial charge in [0.25, 0.3) is 0 Å². The number of ether oxygens (including phenoxy) is 1. The molecule has 0 saturated carbocycles. The number of carbonyl (C=O) groups excluding carboxylic acids is 2. The van der Waals surface area contributed by atoms with Gasteiger partial charge in [0, 0.05) is 62.3 Å². The Kier molecular flexibility index (Phi) is 8.93. The Balaban J connectivity index is 1.40. The van der Waals surface area contributed by atoms with Gasteiger partial charge in [0.05, 0.1) is 17.9 Å². The number of rotatable bonds is 6. The van der Waals surface area contributed by atoms with E-state index in [2.05, 4.69) is 4.98 Å². The molecule has 0 unspecified atom stereocenters. The summed E-state index contributed by atoms with van der Waals surface area (Å²) in [6.45, 7) is 11.6. The summed E-state index contributed by atoms with van der Waals surface area (Å²) in [5.41, 5.74) is 2.03. The number of nitrogens with zero attached hydrogens (tertiary/aromatic N) is 6. The summed E-state index contributed by atoms with van der Waals surface area (Å²) < 4.78 is 61.3. The van der Waals surface area contributed by atoms with E-state index in [0.717, 1.165) is 27.6 Å². The van der Waals surface area contributed by atoms with Crippen LogP contribution >= 0.6 is 0 Å². The molecule has 2 aromatic heterocycles. The van der Waals surface area contributed by atoms with Crippen molar-refractivity contribution in [2.24, 2.45) is 0 Å². The Labute approximate surface area is 266 Å². The molecule has 46 heavy (non-hydrogen) atoms. The Morgan fingerprint density at radius 3 is 2.39 bits per heavy atom. The maximum atomic E-state index is 14.1. The predicted molar refractivity (Wildman–Crippen MR) is 164 cm³/mol. The van der Waals surface area contributed by atoms with E-state index in [-0.39, 0.29) is 43.9 Å². The fourth-order valence-electron chi connectivity index (χ4n) is 6.18. The molecule has 2 aliphatic rings. The SMILES string of the molecule is C[C@@H]1CN(CC(=O)N2CC(C)(C)c3ncc(Cc4ccc(F)cc4)cc32)[C@H](Cn2ccnc2C(F)(F)F)CN1C(=O)OC(C)(C)C. The molecule has 1 aromatic carbocycles. The lowest BCUT2D eigenvalue weighted by Crippen LogP contribution is -2.62. The van der Waals surface area contributed by atoms with Crippen molar-refractivity contribution in [3.63, 3.8) is 0 Å². The highest BCUT2D eigenvalue weighted by atomic mass is 19.4. The van der Waals surface area contributed by atoms with Gasteiger partial charge in [-0.1, -0.05) is 26.0 Å². The first kappa shape index (κ1) is 33.4. The first-order valence-electron chi connectivity index (χ1n) is 15.3. The van der Waals surface area contributed by atoms with Crippen LogP contribution < -0.4 is 4.90 Å². The highest BCUT2D eigenvalue weighted by Crippen LogP contribution is 2.40. The lowest BCUT2D eigenvalue weighted by atomic mass is 9.91. The molecule has 0 N–H and O–H groups in total. The number of benzene rings is 1. The van der Waals surface area contributed by atoms with Crippen molar-refractivity contribution < 1.29 is 31.9 Å². The van der Waals surface area contributed by atoms with Crippen molar-refractivity contribution in [3.05, 3.63) is 77.4 Å². The lowest BCUT2D eigenvalue weighted by Gasteiger charge is -2.45. The van der Waals surface area contributed by atoms with Gasteiger partial charge in [0.1, 0.15) is 11.4 Å². The van der Waals surface area contributed by atoms with Crippen LogP contribution in [0.3, 0.4) is 0 Å². The van der Waals surface area contributed by atoms with Crippen molar-refractivity contribution in [2.45, 2.75) is 83.8 Å². The molecule has 2 atom stereocenters. The second-order valence-electron chi connectivity index (χ2n) is 13.8. The van der Waals surface area contributed by atoms with Gasteiger partial charge >= 0.3 is 12.3 Å². The van der Waals surface area contributed by atoms with Crippen LogP contribution in [-0.4, -0.2) is 80.2 Å². The zero-order chi connectivity index (χ0) is 33.6. The second kappa shape index (κ2) is 12.3. The number of pyridine rings is 1. The smallest absolute Gasteiger partial charge is 0.444 e. The van der Waals surface area contributed by atoms with Crippen LogP contribution in [0.1, 0.15) is 64.2 Å². The predicted octanol–water partition coefficient (Wildman–Crippen LogP) is 5.66. The van der Waals surface area contributed by atoms with Crippen LogP contribution in [0.4, 0.5) is 28.0 Å². The Morgan fingerprint density at radius 2 is 1.74 bits per heavy atom. The van der Waals surface area contributed by atoms with Crippen LogP contribution in [0.25, 0.3) is 0 Å². The first-order valence-corrected chi connectivity index (χ1v) is 15.3. The standard InChI is InChI=1S/C33H40F4N6O3/c1-21-16-41(25(18-42(21)30(45)46-31(2,3)4)17-40-12-11-38-29(40)33(35,36)37)19-27(44)43-20-32(5,6)28-26(43)14-23(15-39-28)13-22-7-9-24(34)10-8-22/h7-12,14-15,21,25H,13,16-20H2,1-6H3/t21-,25-/m1/s1. The topological polar surface area (TPSA) is 83.8 Å². The molecule has 9 nitrogen and oxygen atoms in total. The monoisotopic (exact) mass is 644 g/mol. The van der Waals surface area contributed by atoms with E-state index in [1.165, 1.54) is 23.2 Å². The summed E-state index contributed by atoms with van der Waals surface area (Å²) in [5, 5.41) is 0. The fourth-order valence-corrected chi connectivity index (χ4v) is 6.18. The van der Waals surface area contributed by atoms with Gasteiger partial charge in [-0.2, -0.15) is 13.2 Å². The number of piperazine rings is 1. The average molecular weight is 645 g/mol. The maximum absolute atomic E-state index is 14.1. The quantitative estimate of drug-likeness (QED) is 0.322. The lowest BCUT2D eigenvalue weighted by molar-refractivity contribution is -0.148. The summed E-state index contributed by atoms with van der Waals surface area (Å²) in [4.78, 5) is 40.5. The van der Waals surface area contributed by atoms with Gasteiger partial charge in [-0.05, 0) is 63.4 Å². The number of aromatic nitrogens is 3. The van der Waals surface area contributed by atoms with Gasteiger partial charge in [-0.25, -0.2) is 14.2 Å². The minimum absolute atomic E-state index is 0.0598. The number of hydrogen-bond donors (Lipinski definition) is 0. The Hall–Kier alpha value is -4.00. The third kappa shape index (κ3) is 7.35. The van der Waals surface area contributed by atoms with E-state index in [0.29, 0.717) is 18.7 Å². The van der Waals surface area contributed by atoms with Crippen LogP contribution in [0.2, 0.25) is 0 Å². The molecule has 2 amide bonds. The van der Waals surface area contributed by atoms with Gasteiger partial charge < -0.3 is 19.1 Å². The van der Waals surface area contributed by atoms with Crippen molar-refractivity contribution >= 4 is 17.7 Å². The van der Waals surface area contributed by atoms with Crippen molar-refractivity contribution in [1.82, 2.24) is 24.3 Å². The third-order valence-electron chi connectivity index (χ3n) is 8.33. The van der Waals surface area contributed by atoms with E-state index in [1.807, 2.05) is 31.7 Å². The summed E-state index contributed by atoms with van der Waals surface area (Å²) in [7, 11) is 0. The molecule has 2 aliphatic heterocycles. The third-order valence-corrected chi connectivity index (χ3v) is 8.33. The summed E-state index contributed by atoms with van der Waals surface area (Å²) in [6.07, 6.45) is -0.606. The number of fused-ring (bicyclic) bond motifs is 1. The van der Waals surface area contributed by atoms with Gasteiger partial charge in [-0.15, -0.1) is 0 Å². The normalized spacial score (nSPS) is 20.1. The van der Waals surface area contributed by atoms with Gasteiger partial charge in [-0.3, -0.25) is 14.7 Å². The average Bonchev–Trinajstić information content (AvgIpc) is 3.52. The first-order chi connectivity index (χ1) is 21.4. The summed E-state index contributed by atoms with van der Waals surface area (Å²) >= 11 is 0. The van der Waals surface area contributed by atoms with Crippen LogP contribution in [0.5, 0.6) is 0 Å². The number of carbonyl (C=O) groups is 2. The Bertz CT molecular complexity index is 1580. The highest BCUT2D eigenvalue weighted by Gasteiger charge is 2.43. The molecular formula is C33H40F4N6O3. The largest absolute Gasteiger partial charge is 0.449 e. The number of imidazole rings is 1. The molecule has 0 radical (unpaired) electrons.